The fraction of sp³-hybridized carbons (Fsp3) is 0.300. The lowest BCUT2D eigenvalue weighted by Gasteiger charge is -2.25. The van der Waals surface area contributed by atoms with E-state index in [0.29, 0.717) is 23.7 Å². The van der Waals surface area contributed by atoms with E-state index < -0.39 is 10.8 Å². The number of nitrogens with zero attached hydrogens (tertiary/aromatic N) is 2. The summed E-state index contributed by atoms with van der Waals surface area (Å²) in [7, 11) is 6.01. The largest absolute Gasteiger partial charge is 0.493 e. The first-order chi connectivity index (χ1) is 19.8. The van der Waals surface area contributed by atoms with E-state index in [1.54, 1.807) is 26.4 Å². The van der Waals surface area contributed by atoms with Gasteiger partial charge in [0.05, 0.1) is 46.0 Å². The molecule has 0 atom stereocenters. The van der Waals surface area contributed by atoms with Gasteiger partial charge in [-0.05, 0) is 36.6 Å². The van der Waals surface area contributed by atoms with Gasteiger partial charge in [0.2, 0.25) is 0 Å². The first-order valence-electron chi connectivity index (χ1n) is 13.0. The molecule has 11 heteroatoms. The van der Waals surface area contributed by atoms with Crippen LogP contribution >= 0.6 is 0 Å². The lowest BCUT2D eigenvalue weighted by Crippen LogP contribution is -2.31. The van der Waals surface area contributed by atoms with Crippen molar-refractivity contribution in [2.75, 3.05) is 46.8 Å². The van der Waals surface area contributed by atoms with Crippen LogP contribution in [0.15, 0.2) is 52.9 Å². The molecule has 0 fully saturated rings. The third kappa shape index (κ3) is 5.62. The molecule has 4 aromatic rings. The van der Waals surface area contributed by atoms with Crippen molar-refractivity contribution >= 4 is 28.3 Å². The minimum absolute atomic E-state index is 0.122. The van der Waals surface area contributed by atoms with Crippen molar-refractivity contribution in [2.24, 2.45) is 0 Å². The highest BCUT2D eigenvalue weighted by molar-refractivity contribution is 6.07. The van der Waals surface area contributed by atoms with E-state index in [0.717, 1.165) is 48.2 Å². The second-order valence-corrected chi connectivity index (χ2v) is 9.62. The number of rotatable bonds is 10. The molecule has 0 saturated carbocycles. The summed E-state index contributed by atoms with van der Waals surface area (Å²) in [5.74, 6) is 2.08. The summed E-state index contributed by atoms with van der Waals surface area (Å²) in [6.45, 7) is 2.47. The van der Waals surface area contributed by atoms with Crippen LogP contribution in [0, 0.1) is 10.1 Å². The number of anilines is 1. The fourth-order valence-electron chi connectivity index (χ4n) is 5.11. The van der Waals surface area contributed by atoms with Crippen LogP contribution in [-0.2, 0) is 19.4 Å². The van der Waals surface area contributed by atoms with Gasteiger partial charge in [-0.25, -0.2) is 0 Å². The van der Waals surface area contributed by atoms with Gasteiger partial charge in [0.15, 0.2) is 23.0 Å². The van der Waals surface area contributed by atoms with Gasteiger partial charge >= 0.3 is 0 Å². The van der Waals surface area contributed by atoms with Gasteiger partial charge in [0, 0.05) is 41.9 Å². The summed E-state index contributed by atoms with van der Waals surface area (Å²) in [5, 5.41) is 15.4. The van der Waals surface area contributed by atoms with Crippen LogP contribution in [0.4, 0.5) is 11.4 Å². The van der Waals surface area contributed by atoms with Gasteiger partial charge < -0.3 is 28.7 Å². The Bertz CT molecular complexity index is 1600. The molecule has 1 aromatic heterocycles. The van der Waals surface area contributed by atoms with Gasteiger partial charge in [-0.1, -0.05) is 12.1 Å². The summed E-state index contributed by atoms with van der Waals surface area (Å²) >= 11 is 0. The average molecular weight is 562 g/mol. The quantitative estimate of drug-likeness (QED) is 0.205. The van der Waals surface area contributed by atoms with Gasteiger partial charge in [-0.2, -0.15) is 0 Å². The molecule has 3 aromatic carbocycles. The summed E-state index contributed by atoms with van der Waals surface area (Å²) in [5.41, 5.74) is 3.15. The molecule has 0 bridgehead atoms. The number of benzene rings is 3. The Kier molecular flexibility index (Phi) is 7.97. The SMILES string of the molecule is COc1cc(C(=O)Nc2ccc(CCN3CCc4c(oc5cc(OC)c(OC)cc45)C3)cc2)c([N+](=O)[O-])cc1OC. The van der Waals surface area contributed by atoms with Crippen molar-refractivity contribution in [3.8, 4) is 23.0 Å². The zero-order valence-corrected chi connectivity index (χ0v) is 23.3. The zero-order valence-electron chi connectivity index (χ0n) is 23.3. The van der Waals surface area contributed by atoms with Crippen molar-refractivity contribution in [1.29, 1.82) is 0 Å². The summed E-state index contributed by atoms with van der Waals surface area (Å²) in [6, 6.07) is 13.8. The highest BCUT2D eigenvalue weighted by Gasteiger charge is 2.26. The summed E-state index contributed by atoms with van der Waals surface area (Å²) in [4.78, 5) is 26.2. The van der Waals surface area contributed by atoms with Gasteiger partial charge in [-0.3, -0.25) is 19.8 Å². The second-order valence-electron chi connectivity index (χ2n) is 9.62. The number of nitro benzene ring substituents is 1. The van der Waals surface area contributed by atoms with Crippen molar-refractivity contribution in [1.82, 2.24) is 4.90 Å². The van der Waals surface area contributed by atoms with Gasteiger partial charge in [0.1, 0.15) is 16.9 Å². The van der Waals surface area contributed by atoms with Crippen molar-refractivity contribution in [3.05, 3.63) is 81.1 Å². The van der Waals surface area contributed by atoms with Crippen LogP contribution in [0.25, 0.3) is 11.0 Å². The Morgan fingerprint density at radius 3 is 2.24 bits per heavy atom. The molecule has 1 aliphatic heterocycles. The van der Waals surface area contributed by atoms with E-state index in [1.165, 1.54) is 31.9 Å². The number of amides is 1. The first-order valence-corrected chi connectivity index (χ1v) is 13.0. The monoisotopic (exact) mass is 561 g/mol. The number of nitro groups is 1. The topological polar surface area (TPSA) is 126 Å². The van der Waals surface area contributed by atoms with Crippen molar-refractivity contribution in [3.63, 3.8) is 0 Å². The maximum absolute atomic E-state index is 12.9. The molecule has 11 nitrogen and oxygen atoms in total. The molecular formula is C30H31N3O8. The molecule has 1 amide bonds. The van der Waals surface area contributed by atoms with Crippen molar-refractivity contribution in [2.45, 2.75) is 19.4 Å². The number of carbonyl (C=O) groups excluding carboxylic acids is 1. The Hall–Kier alpha value is -4.77. The maximum Gasteiger partial charge on any atom is 0.286 e. The third-order valence-corrected chi connectivity index (χ3v) is 7.30. The number of carbonyl (C=O) groups is 1. The van der Waals surface area contributed by atoms with Crippen molar-refractivity contribution < 1.29 is 33.1 Å². The summed E-state index contributed by atoms with van der Waals surface area (Å²) in [6.07, 6.45) is 1.69. The maximum atomic E-state index is 12.9. The Morgan fingerprint density at radius 1 is 0.951 bits per heavy atom. The van der Waals surface area contributed by atoms with Gasteiger partial charge in [-0.15, -0.1) is 0 Å². The second kappa shape index (κ2) is 11.8. The highest BCUT2D eigenvalue weighted by atomic mass is 16.6. The van der Waals surface area contributed by atoms with Crippen LogP contribution < -0.4 is 24.3 Å². The van der Waals surface area contributed by atoms with E-state index in [1.807, 2.05) is 24.3 Å². The van der Waals surface area contributed by atoms with Gasteiger partial charge in [0.25, 0.3) is 11.6 Å². The Balaban J connectivity index is 1.22. The predicted molar refractivity (Wildman–Crippen MR) is 153 cm³/mol. The molecule has 0 unspecified atom stereocenters. The Labute approximate surface area is 236 Å². The molecule has 1 aliphatic rings. The fourth-order valence-corrected chi connectivity index (χ4v) is 5.11. The average Bonchev–Trinajstić information content (AvgIpc) is 3.35. The molecule has 0 spiro atoms. The number of nitrogens with one attached hydrogen (secondary N) is 1. The molecule has 0 saturated heterocycles. The number of fused-ring (bicyclic) bond motifs is 3. The predicted octanol–water partition coefficient (Wildman–Crippen LogP) is 5.23. The Morgan fingerprint density at radius 2 is 1.59 bits per heavy atom. The van der Waals surface area contributed by atoms with E-state index in [9.17, 15) is 14.9 Å². The molecular weight excluding hydrogens is 530 g/mol. The normalized spacial score (nSPS) is 13.0. The molecule has 0 aliphatic carbocycles. The minimum Gasteiger partial charge on any atom is -0.493 e. The lowest BCUT2D eigenvalue weighted by atomic mass is 10.0. The van der Waals surface area contributed by atoms with E-state index >= 15 is 0 Å². The number of furan rings is 1. The van der Waals surface area contributed by atoms with E-state index in [2.05, 4.69) is 10.2 Å². The molecule has 214 valence electrons. The molecule has 5 rings (SSSR count). The first kappa shape index (κ1) is 27.8. The molecule has 1 N–H and O–H groups in total. The lowest BCUT2D eigenvalue weighted by molar-refractivity contribution is -0.385. The molecule has 0 radical (unpaired) electrons. The number of hydrogen-bond acceptors (Lipinski definition) is 9. The van der Waals surface area contributed by atoms with Crippen LogP contribution in [0.5, 0.6) is 23.0 Å². The van der Waals surface area contributed by atoms with Crippen LogP contribution in [0.1, 0.15) is 27.2 Å². The highest BCUT2D eigenvalue weighted by Crippen LogP contribution is 2.38. The van der Waals surface area contributed by atoms with Crippen LogP contribution in [-0.4, -0.2) is 57.3 Å². The zero-order chi connectivity index (χ0) is 29.1. The molecule has 2 heterocycles. The number of hydrogen-bond donors (Lipinski definition) is 1. The minimum atomic E-state index is -0.622. The van der Waals surface area contributed by atoms with Crippen LogP contribution in [0.3, 0.4) is 0 Å². The third-order valence-electron chi connectivity index (χ3n) is 7.30. The smallest absolute Gasteiger partial charge is 0.286 e. The molecule has 41 heavy (non-hydrogen) atoms. The van der Waals surface area contributed by atoms with E-state index in [-0.39, 0.29) is 22.7 Å². The standard InChI is InChI=1S/C30H31N3O8/c1-37-25-13-21-20-10-12-32(17-29(20)41-24(21)16-28(25)40-4)11-9-18-5-7-19(8-6-18)31-30(34)22-14-26(38-2)27(39-3)15-23(22)33(35)36/h5-8,13-16H,9-12,17H2,1-4H3,(H,31,34). The van der Waals surface area contributed by atoms with Crippen LogP contribution in [0.2, 0.25) is 0 Å². The van der Waals surface area contributed by atoms with E-state index in [4.69, 9.17) is 23.4 Å². The number of methoxy groups -OCH3 is 4. The number of ether oxygens (including phenoxy) is 4. The summed E-state index contributed by atoms with van der Waals surface area (Å²) < 4.78 is 27.4.